The van der Waals surface area contributed by atoms with Gasteiger partial charge in [0.2, 0.25) is 0 Å². The molecule has 1 N–H and O–H groups in total. The van der Waals surface area contributed by atoms with Crippen LogP contribution in [0.3, 0.4) is 0 Å². The smallest absolute Gasteiger partial charge is 0.387 e. The highest BCUT2D eigenvalue weighted by molar-refractivity contribution is 9.11. The number of ether oxygens (including phenoxy) is 1. The lowest BCUT2D eigenvalue weighted by Crippen LogP contribution is -2.02. The van der Waals surface area contributed by atoms with Gasteiger partial charge in [0.25, 0.3) is 0 Å². The summed E-state index contributed by atoms with van der Waals surface area (Å²) in [6.45, 7) is -2.95. The number of hydrogen-bond acceptors (Lipinski definition) is 2. The molecule has 1 aromatic rings. The Morgan fingerprint density at radius 3 is 2.46 bits per heavy atom. The van der Waals surface area contributed by atoms with Gasteiger partial charge in [0.15, 0.2) is 11.5 Å². The van der Waals surface area contributed by atoms with E-state index in [-0.39, 0.29) is 16.0 Å². The van der Waals surface area contributed by atoms with Gasteiger partial charge in [0, 0.05) is 4.47 Å². The highest BCUT2D eigenvalue weighted by Gasteiger charge is 2.12. The minimum Gasteiger partial charge on any atom is -0.503 e. The van der Waals surface area contributed by atoms with E-state index in [0.29, 0.717) is 4.47 Å². The summed E-state index contributed by atoms with van der Waals surface area (Å²) in [6.07, 6.45) is 0. The third kappa shape index (κ3) is 2.80. The molecule has 0 fully saturated rings. The zero-order valence-electron chi connectivity index (χ0n) is 6.10. The van der Waals surface area contributed by atoms with Gasteiger partial charge in [-0.05, 0) is 28.1 Å². The first-order chi connectivity index (χ1) is 6.00. The van der Waals surface area contributed by atoms with Crippen molar-refractivity contribution in [1.29, 1.82) is 0 Å². The van der Waals surface area contributed by atoms with Crippen molar-refractivity contribution in [1.82, 2.24) is 0 Å². The van der Waals surface area contributed by atoms with Gasteiger partial charge in [-0.3, -0.25) is 0 Å². The average Bonchev–Trinajstić information content (AvgIpc) is 1.98. The monoisotopic (exact) mass is 316 g/mol. The van der Waals surface area contributed by atoms with Crippen LogP contribution in [0.1, 0.15) is 0 Å². The fourth-order valence-corrected chi connectivity index (χ4v) is 1.91. The first-order valence-corrected chi connectivity index (χ1v) is 4.72. The third-order valence-electron chi connectivity index (χ3n) is 1.21. The Bertz CT molecular complexity index is 318. The average molecular weight is 318 g/mol. The molecule has 0 saturated carbocycles. The second kappa shape index (κ2) is 4.23. The second-order valence-corrected chi connectivity index (χ2v) is 3.88. The quantitative estimate of drug-likeness (QED) is 0.904. The van der Waals surface area contributed by atoms with Crippen LogP contribution in [0.4, 0.5) is 8.78 Å². The number of phenols is 1. The minimum atomic E-state index is -2.95. The zero-order valence-corrected chi connectivity index (χ0v) is 9.27. The summed E-state index contributed by atoms with van der Waals surface area (Å²) in [5, 5.41) is 9.24. The van der Waals surface area contributed by atoms with Gasteiger partial charge in [-0.2, -0.15) is 8.78 Å². The molecule has 0 unspecified atom stereocenters. The van der Waals surface area contributed by atoms with Crippen molar-refractivity contribution in [2.24, 2.45) is 0 Å². The molecule has 2 nitrogen and oxygen atoms in total. The van der Waals surface area contributed by atoms with Gasteiger partial charge in [0.05, 0.1) is 4.47 Å². The maximum atomic E-state index is 11.8. The van der Waals surface area contributed by atoms with Crippen molar-refractivity contribution in [3.05, 3.63) is 21.1 Å². The lowest BCUT2D eigenvalue weighted by molar-refractivity contribution is -0.0513. The van der Waals surface area contributed by atoms with Crippen molar-refractivity contribution < 1.29 is 18.6 Å². The molecule has 0 heterocycles. The molecule has 13 heavy (non-hydrogen) atoms. The number of halogens is 4. The summed E-state index contributed by atoms with van der Waals surface area (Å²) in [4.78, 5) is 0. The number of hydrogen-bond donors (Lipinski definition) is 1. The highest BCUT2D eigenvalue weighted by Crippen LogP contribution is 2.37. The predicted molar refractivity (Wildman–Crippen MR) is 50.1 cm³/mol. The summed E-state index contributed by atoms with van der Waals surface area (Å²) < 4.78 is 28.5. The van der Waals surface area contributed by atoms with Gasteiger partial charge >= 0.3 is 6.61 Å². The third-order valence-corrected chi connectivity index (χ3v) is 2.27. The predicted octanol–water partition coefficient (Wildman–Crippen LogP) is 3.52. The molecule has 0 atom stereocenters. The van der Waals surface area contributed by atoms with Gasteiger partial charge < -0.3 is 9.84 Å². The first-order valence-electron chi connectivity index (χ1n) is 3.13. The Balaban J connectivity index is 3.05. The fourth-order valence-electron chi connectivity index (χ4n) is 0.728. The molecule has 0 aliphatic carbocycles. The Morgan fingerprint density at radius 1 is 1.31 bits per heavy atom. The van der Waals surface area contributed by atoms with Gasteiger partial charge in [0.1, 0.15) is 0 Å². The summed E-state index contributed by atoms with van der Waals surface area (Å²) in [5.74, 6) is -0.611. The number of rotatable bonds is 2. The maximum absolute atomic E-state index is 11.8. The molecule has 0 radical (unpaired) electrons. The SMILES string of the molecule is Oc1c(Br)cc(Br)cc1OC(F)F. The van der Waals surface area contributed by atoms with E-state index in [2.05, 4.69) is 36.6 Å². The van der Waals surface area contributed by atoms with Crippen LogP contribution >= 0.6 is 31.9 Å². The summed E-state index contributed by atoms with van der Waals surface area (Å²) >= 11 is 6.05. The van der Waals surface area contributed by atoms with E-state index in [1.54, 1.807) is 0 Å². The van der Waals surface area contributed by atoms with Crippen LogP contribution in [0.25, 0.3) is 0 Å². The van der Waals surface area contributed by atoms with Crippen LogP contribution in [0.15, 0.2) is 21.1 Å². The molecule has 6 heteroatoms. The Morgan fingerprint density at radius 2 is 1.92 bits per heavy atom. The minimum absolute atomic E-state index is 0.267. The van der Waals surface area contributed by atoms with Crippen molar-refractivity contribution >= 4 is 31.9 Å². The summed E-state index contributed by atoms with van der Waals surface area (Å²) in [6, 6.07) is 2.78. The van der Waals surface area contributed by atoms with Crippen molar-refractivity contribution in [2.75, 3.05) is 0 Å². The molecule has 0 spiro atoms. The standard InChI is InChI=1S/C7H4Br2F2O2/c8-3-1-4(9)6(12)5(2-3)13-7(10)11/h1-2,7,12H. The number of aromatic hydroxyl groups is 1. The van der Waals surface area contributed by atoms with Gasteiger partial charge in [-0.1, -0.05) is 15.9 Å². The van der Waals surface area contributed by atoms with Crippen LogP contribution in [0.2, 0.25) is 0 Å². The van der Waals surface area contributed by atoms with E-state index in [1.807, 2.05) is 0 Å². The number of benzene rings is 1. The number of alkyl halides is 2. The van der Waals surface area contributed by atoms with Crippen LogP contribution in [-0.2, 0) is 0 Å². The van der Waals surface area contributed by atoms with Crippen molar-refractivity contribution in [2.45, 2.75) is 6.61 Å². The van der Waals surface area contributed by atoms with E-state index >= 15 is 0 Å². The molecule has 0 saturated heterocycles. The zero-order chi connectivity index (χ0) is 10.0. The molecule has 1 rings (SSSR count). The summed E-state index contributed by atoms with van der Waals surface area (Å²) in [5.41, 5.74) is 0. The molecule has 0 bridgehead atoms. The molecule has 0 amide bonds. The molecule has 0 aliphatic rings. The first kappa shape index (κ1) is 10.7. The van der Waals surface area contributed by atoms with E-state index in [0.717, 1.165) is 0 Å². The topological polar surface area (TPSA) is 29.5 Å². The second-order valence-electron chi connectivity index (χ2n) is 2.11. The molecular weight excluding hydrogens is 314 g/mol. The highest BCUT2D eigenvalue weighted by atomic mass is 79.9. The number of phenolic OH excluding ortho intramolecular Hbond substituents is 1. The Labute approximate surface area is 89.8 Å². The largest absolute Gasteiger partial charge is 0.503 e. The van der Waals surface area contributed by atoms with Crippen molar-refractivity contribution in [3.63, 3.8) is 0 Å². The maximum Gasteiger partial charge on any atom is 0.387 e. The van der Waals surface area contributed by atoms with E-state index < -0.39 is 6.61 Å². The van der Waals surface area contributed by atoms with Gasteiger partial charge in [-0.25, -0.2) is 0 Å². The molecule has 1 aromatic carbocycles. The van der Waals surface area contributed by atoms with Gasteiger partial charge in [-0.15, -0.1) is 0 Å². The Hall–Kier alpha value is -0.360. The fraction of sp³-hybridized carbons (Fsp3) is 0.143. The van der Waals surface area contributed by atoms with Crippen LogP contribution in [0.5, 0.6) is 11.5 Å². The molecule has 0 aliphatic heterocycles. The van der Waals surface area contributed by atoms with E-state index in [9.17, 15) is 13.9 Å². The van der Waals surface area contributed by atoms with E-state index in [1.165, 1.54) is 12.1 Å². The summed E-state index contributed by atoms with van der Waals surface area (Å²) in [7, 11) is 0. The van der Waals surface area contributed by atoms with E-state index in [4.69, 9.17) is 0 Å². The van der Waals surface area contributed by atoms with Crippen LogP contribution < -0.4 is 4.74 Å². The van der Waals surface area contributed by atoms with Crippen LogP contribution in [-0.4, -0.2) is 11.7 Å². The molecular formula is C7H4Br2F2O2. The van der Waals surface area contributed by atoms with Crippen molar-refractivity contribution in [3.8, 4) is 11.5 Å². The molecule has 72 valence electrons. The normalized spacial score (nSPS) is 10.5. The molecule has 0 aromatic heterocycles. The Kier molecular flexibility index (Phi) is 3.49. The lowest BCUT2D eigenvalue weighted by Gasteiger charge is -2.08. The lowest BCUT2D eigenvalue weighted by atomic mass is 10.3. The van der Waals surface area contributed by atoms with Crippen LogP contribution in [0, 0.1) is 0 Å².